The highest BCUT2D eigenvalue weighted by atomic mass is 16.2. The lowest BCUT2D eigenvalue weighted by atomic mass is 10.2. The first-order valence-electron chi connectivity index (χ1n) is 5.55. The van der Waals surface area contributed by atoms with E-state index in [0.29, 0.717) is 0 Å². The number of carbonyl (C=O) groups is 1. The number of amides is 1. The maximum Gasteiger partial charge on any atom is 0.253 e. The highest BCUT2D eigenvalue weighted by Crippen LogP contribution is 2.13. The summed E-state index contributed by atoms with van der Waals surface area (Å²) < 4.78 is 0. The van der Waals surface area contributed by atoms with Gasteiger partial charge in [0.2, 0.25) is 0 Å². The van der Waals surface area contributed by atoms with Crippen LogP contribution in [-0.2, 0) is 6.42 Å². The molecule has 0 aromatic carbocycles. The summed E-state index contributed by atoms with van der Waals surface area (Å²) in [6, 6.07) is 3.71. The van der Waals surface area contributed by atoms with Crippen LogP contribution in [0.2, 0.25) is 0 Å². The maximum atomic E-state index is 12.0. The van der Waals surface area contributed by atoms with E-state index in [9.17, 15) is 4.79 Å². The Morgan fingerprint density at radius 2 is 2.20 bits per heavy atom. The zero-order valence-corrected chi connectivity index (χ0v) is 9.07. The molecule has 80 valence electrons. The predicted octanol–water partition coefficient (Wildman–Crippen LogP) is 1.88. The zero-order valence-electron chi connectivity index (χ0n) is 9.07. The van der Waals surface area contributed by atoms with Crippen molar-refractivity contribution in [2.24, 2.45) is 0 Å². The fourth-order valence-electron chi connectivity index (χ4n) is 1.91. The second-order valence-electron chi connectivity index (χ2n) is 3.89. The normalized spacial score (nSPS) is 15.7. The van der Waals surface area contributed by atoms with Crippen molar-refractivity contribution in [3.63, 3.8) is 0 Å². The number of nitrogens with zero attached hydrogens (tertiary/aromatic N) is 2. The average Bonchev–Trinajstić information content (AvgIpc) is 2.81. The number of carbonyl (C=O) groups excluding carboxylic acids is 1. The Hall–Kier alpha value is -1.38. The Morgan fingerprint density at radius 3 is 2.87 bits per heavy atom. The fraction of sp³-hybridized carbons (Fsp3) is 0.500. The minimum atomic E-state index is 0.157. The molecule has 0 N–H and O–H groups in total. The van der Waals surface area contributed by atoms with E-state index in [1.165, 1.54) is 0 Å². The van der Waals surface area contributed by atoms with E-state index in [2.05, 4.69) is 4.98 Å². The van der Waals surface area contributed by atoms with Crippen molar-refractivity contribution in [2.45, 2.75) is 26.2 Å². The van der Waals surface area contributed by atoms with Crippen LogP contribution >= 0.6 is 0 Å². The van der Waals surface area contributed by atoms with Crippen LogP contribution in [0.25, 0.3) is 0 Å². The van der Waals surface area contributed by atoms with Crippen molar-refractivity contribution < 1.29 is 4.79 Å². The van der Waals surface area contributed by atoms with E-state index < -0.39 is 0 Å². The van der Waals surface area contributed by atoms with Gasteiger partial charge in [-0.25, -0.2) is 0 Å². The molecular formula is C12H16N2O. The first-order chi connectivity index (χ1) is 7.31. The van der Waals surface area contributed by atoms with E-state index in [1.807, 2.05) is 17.9 Å². The van der Waals surface area contributed by atoms with E-state index in [0.717, 1.165) is 43.6 Å². The zero-order chi connectivity index (χ0) is 10.7. The quantitative estimate of drug-likeness (QED) is 0.737. The Kier molecular flexibility index (Phi) is 2.99. The van der Waals surface area contributed by atoms with Gasteiger partial charge in [0.15, 0.2) is 0 Å². The molecule has 3 heteroatoms. The summed E-state index contributed by atoms with van der Waals surface area (Å²) in [5, 5.41) is 0. The molecule has 2 rings (SSSR count). The first-order valence-corrected chi connectivity index (χ1v) is 5.55. The summed E-state index contributed by atoms with van der Waals surface area (Å²) in [5.41, 5.74) is 1.77. The van der Waals surface area contributed by atoms with E-state index >= 15 is 0 Å². The van der Waals surface area contributed by atoms with Crippen LogP contribution in [0, 0.1) is 0 Å². The third-order valence-electron chi connectivity index (χ3n) is 2.82. The van der Waals surface area contributed by atoms with Gasteiger partial charge in [0.05, 0.1) is 0 Å². The summed E-state index contributed by atoms with van der Waals surface area (Å²) in [6.45, 7) is 3.86. The Bertz CT molecular complexity index is 356. The van der Waals surface area contributed by atoms with Crippen LogP contribution in [0.5, 0.6) is 0 Å². The van der Waals surface area contributed by atoms with E-state index in [1.54, 1.807) is 12.3 Å². The number of likely N-dealkylation sites (tertiary alicyclic amines) is 1. The van der Waals surface area contributed by atoms with Gasteiger partial charge in [-0.2, -0.15) is 0 Å². The molecule has 0 radical (unpaired) electrons. The van der Waals surface area contributed by atoms with Gasteiger partial charge in [0.1, 0.15) is 0 Å². The molecule has 1 amide bonds. The van der Waals surface area contributed by atoms with Crippen LogP contribution < -0.4 is 0 Å². The monoisotopic (exact) mass is 204 g/mol. The smallest absolute Gasteiger partial charge is 0.253 e. The standard InChI is InChI=1S/C12H16N2O/c1-2-11-9-10(5-6-13-11)12(15)14-7-3-4-8-14/h5-6,9H,2-4,7-8H2,1H3. The molecule has 1 aromatic rings. The van der Waals surface area contributed by atoms with Gasteiger partial charge in [-0.15, -0.1) is 0 Å². The second-order valence-corrected chi connectivity index (χ2v) is 3.89. The van der Waals surface area contributed by atoms with Crippen LogP contribution in [-0.4, -0.2) is 28.9 Å². The molecule has 0 aliphatic carbocycles. The van der Waals surface area contributed by atoms with Gasteiger partial charge < -0.3 is 4.90 Å². The van der Waals surface area contributed by atoms with Crippen molar-refractivity contribution in [2.75, 3.05) is 13.1 Å². The van der Waals surface area contributed by atoms with Gasteiger partial charge in [-0.3, -0.25) is 9.78 Å². The second kappa shape index (κ2) is 4.43. The molecular weight excluding hydrogens is 188 g/mol. The Labute approximate surface area is 90.1 Å². The molecule has 0 spiro atoms. The van der Waals surface area contributed by atoms with Crippen molar-refractivity contribution in [1.29, 1.82) is 0 Å². The molecule has 2 heterocycles. The van der Waals surface area contributed by atoms with Crippen molar-refractivity contribution in [3.05, 3.63) is 29.6 Å². The molecule has 0 unspecified atom stereocenters. The summed E-state index contributed by atoms with van der Waals surface area (Å²) in [6.07, 6.45) is 4.87. The lowest BCUT2D eigenvalue weighted by molar-refractivity contribution is 0.0792. The molecule has 0 atom stereocenters. The number of pyridine rings is 1. The average molecular weight is 204 g/mol. The number of aryl methyl sites for hydroxylation is 1. The van der Waals surface area contributed by atoms with Gasteiger partial charge in [0.25, 0.3) is 5.91 Å². The molecule has 3 nitrogen and oxygen atoms in total. The summed E-state index contributed by atoms with van der Waals surface area (Å²) in [7, 11) is 0. The predicted molar refractivity (Wildman–Crippen MR) is 58.8 cm³/mol. The van der Waals surface area contributed by atoms with Crippen molar-refractivity contribution in [3.8, 4) is 0 Å². The maximum absolute atomic E-state index is 12.0. The first kappa shape index (κ1) is 10.1. The Morgan fingerprint density at radius 1 is 1.47 bits per heavy atom. The SMILES string of the molecule is CCc1cc(C(=O)N2CCCC2)ccn1. The van der Waals surface area contributed by atoms with Crippen LogP contribution in [0.1, 0.15) is 35.8 Å². The molecule has 1 saturated heterocycles. The van der Waals surface area contributed by atoms with Gasteiger partial charge in [0, 0.05) is 30.5 Å². The number of rotatable bonds is 2. The Balaban J connectivity index is 2.17. The molecule has 1 fully saturated rings. The number of hydrogen-bond donors (Lipinski definition) is 0. The highest BCUT2D eigenvalue weighted by Gasteiger charge is 2.19. The fourth-order valence-corrected chi connectivity index (χ4v) is 1.91. The molecule has 1 aromatic heterocycles. The third-order valence-corrected chi connectivity index (χ3v) is 2.82. The minimum absolute atomic E-state index is 0.157. The minimum Gasteiger partial charge on any atom is -0.339 e. The van der Waals surface area contributed by atoms with Gasteiger partial charge in [-0.1, -0.05) is 6.92 Å². The molecule has 15 heavy (non-hydrogen) atoms. The highest BCUT2D eigenvalue weighted by molar-refractivity contribution is 5.94. The molecule has 0 saturated carbocycles. The van der Waals surface area contributed by atoms with Gasteiger partial charge >= 0.3 is 0 Å². The molecule has 0 bridgehead atoms. The summed E-state index contributed by atoms with van der Waals surface area (Å²) in [5.74, 6) is 0.157. The summed E-state index contributed by atoms with van der Waals surface area (Å²) in [4.78, 5) is 18.1. The third kappa shape index (κ3) is 2.17. The lowest BCUT2D eigenvalue weighted by Gasteiger charge is -2.15. The lowest BCUT2D eigenvalue weighted by Crippen LogP contribution is -2.27. The topological polar surface area (TPSA) is 33.2 Å². The van der Waals surface area contributed by atoms with Crippen molar-refractivity contribution >= 4 is 5.91 Å². The van der Waals surface area contributed by atoms with E-state index in [-0.39, 0.29) is 5.91 Å². The number of aromatic nitrogens is 1. The van der Waals surface area contributed by atoms with E-state index in [4.69, 9.17) is 0 Å². The molecule has 1 aliphatic heterocycles. The van der Waals surface area contributed by atoms with Crippen LogP contribution in [0.15, 0.2) is 18.3 Å². The summed E-state index contributed by atoms with van der Waals surface area (Å²) >= 11 is 0. The van der Waals surface area contributed by atoms with Crippen LogP contribution in [0.4, 0.5) is 0 Å². The van der Waals surface area contributed by atoms with Crippen molar-refractivity contribution in [1.82, 2.24) is 9.88 Å². The largest absolute Gasteiger partial charge is 0.339 e. The molecule has 1 aliphatic rings. The van der Waals surface area contributed by atoms with Gasteiger partial charge in [-0.05, 0) is 31.4 Å². The number of hydrogen-bond acceptors (Lipinski definition) is 2. The van der Waals surface area contributed by atoms with Crippen LogP contribution in [0.3, 0.4) is 0 Å².